The number of aromatic amines is 1. The minimum absolute atomic E-state index is 0. The Balaban J connectivity index is 0.000000136. The zero-order valence-electron chi connectivity index (χ0n) is 57.2. The molecule has 0 fully saturated rings. The summed E-state index contributed by atoms with van der Waals surface area (Å²) in [4.78, 5) is 37.3. The summed E-state index contributed by atoms with van der Waals surface area (Å²) in [6.07, 6.45) is 0. The van der Waals surface area contributed by atoms with Crippen molar-refractivity contribution in [3.05, 3.63) is 295 Å². The van der Waals surface area contributed by atoms with E-state index < -0.39 is 8.60 Å². The van der Waals surface area contributed by atoms with Gasteiger partial charge in [0.25, 0.3) is 5.69 Å². The van der Waals surface area contributed by atoms with Crippen molar-refractivity contribution in [2.24, 2.45) is 0 Å². The minimum Gasteiger partial charge on any atom is -0.354 e. The van der Waals surface area contributed by atoms with E-state index in [0.717, 1.165) is 104 Å². The molecule has 0 atom stereocenters. The Bertz CT molecular complexity index is 6430. The highest BCUT2D eigenvalue weighted by atomic mass is 31.2. The van der Waals surface area contributed by atoms with Crippen LogP contribution in [-0.2, 0) is 13.6 Å². The van der Waals surface area contributed by atoms with Gasteiger partial charge in [0.1, 0.15) is 0 Å². The van der Waals surface area contributed by atoms with Gasteiger partial charge in [0.05, 0.1) is 93.5 Å². The van der Waals surface area contributed by atoms with Crippen LogP contribution in [-0.4, -0.2) is 66.6 Å². The largest absolute Gasteiger partial charge is 0.354 e. The van der Waals surface area contributed by atoms with Gasteiger partial charge in [-0.1, -0.05) is 243 Å². The third-order valence-corrected chi connectivity index (χ3v) is 20.1. The second kappa shape index (κ2) is 27.9. The molecule has 0 aliphatic heterocycles. The van der Waals surface area contributed by atoms with Crippen LogP contribution in [0.15, 0.2) is 285 Å². The molecule has 19 aromatic rings. The number of H-pyrrole nitrogens is 1. The molecule has 0 saturated carbocycles. The van der Waals surface area contributed by atoms with E-state index in [4.69, 9.17) is 34.9 Å². The van der Waals surface area contributed by atoms with Crippen molar-refractivity contribution in [3.63, 3.8) is 0 Å². The van der Waals surface area contributed by atoms with E-state index in [9.17, 15) is 10.1 Å². The van der Waals surface area contributed by atoms with E-state index in [1.165, 1.54) is 48.6 Å². The summed E-state index contributed by atoms with van der Waals surface area (Å²) in [5, 5.41) is 30.1. The van der Waals surface area contributed by atoms with E-state index in [1.807, 2.05) is 142 Å². The summed E-state index contributed by atoms with van der Waals surface area (Å²) >= 11 is 0. The molecule has 492 valence electrons. The molecule has 0 aliphatic carbocycles. The van der Waals surface area contributed by atoms with Gasteiger partial charge < -0.3 is 18.6 Å². The lowest BCUT2D eigenvalue weighted by Gasteiger charge is -2.14. The molecule has 2 radical (unpaired) electrons. The van der Waals surface area contributed by atoms with Gasteiger partial charge in [0, 0.05) is 66.5 Å². The predicted molar refractivity (Wildman–Crippen MR) is 424 cm³/mol. The Morgan fingerprint density at radius 1 is 0.402 bits per heavy atom. The van der Waals surface area contributed by atoms with Gasteiger partial charge in [-0.05, 0) is 107 Å². The van der Waals surface area contributed by atoms with Crippen molar-refractivity contribution in [2.45, 2.75) is 27.6 Å². The zero-order chi connectivity index (χ0) is 70.1. The van der Waals surface area contributed by atoms with Crippen LogP contribution in [0.3, 0.4) is 0 Å². The van der Waals surface area contributed by atoms with Crippen LogP contribution in [0.25, 0.3) is 176 Å². The molecule has 5 heterocycles. The second-order valence-electron chi connectivity index (χ2n) is 24.3. The van der Waals surface area contributed by atoms with Gasteiger partial charge in [0.2, 0.25) is 11.9 Å². The van der Waals surface area contributed by atoms with Crippen LogP contribution in [0.4, 0.5) is 5.69 Å². The number of rotatable bonds is 12. The van der Waals surface area contributed by atoms with Gasteiger partial charge in [-0.25, -0.2) is 19.9 Å². The van der Waals surface area contributed by atoms with Crippen LogP contribution >= 0.6 is 8.60 Å². The standard InChI is InChI=1S/C40H24N4O2.C40H24N4.C6H15O3P.CH3B/c45-44(46)39-29-18-7-5-16-27(29)26-15-4-6-17-28(26)37(39)32-21-12-24-35-36(32)31-20-9-11-23-34(31)43(35)40-41-33-22-10-8-19-30(33)38(42-40)25-13-2-1-3-14-25;1-2-12-24(13-3-1)38-29-18-8-10-20-31(29)42-40(43-38)44-33-21-11-9-19-30(33)35-34(44)23-22-32-37(35)36-27-16-6-4-14-25(27)26-15-5-7-17-28(26)39(36)41-32;1-4-7-10(8-5-2)9-6-3;1-2/h1-24H;1-23,41H;4-6H2,1-3H3;1H3/i;;;1D. The minimum atomic E-state index is -1.06. The fraction of sp³-hybridized carbons (Fsp3) is 0.0805. The molecule has 5 aromatic heterocycles. The number of nitrogens with zero attached hydrogens (tertiary/aromatic N) is 7. The molecular formula is C87H66BN8O5P. The van der Waals surface area contributed by atoms with E-state index in [2.05, 4.69) is 186 Å². The van der Waals surface area contributed by atoms with Crippen molar-refractivity contribution < 1.29 is 19.9 Å². The molecule has 0 bridgehead atoms. The average molecular weight is 1350 g/mol. The van der Waals surface area contributed by atoms with Gasteiger partial charge in [-0.2, -0.15) is 0 Å². The molecule has 15 heteroatoms. The first-order chi connectivity index (χ1) is 50.8. The summed E-state index contributed by atoms with van der Waals surface area (Å²) in [5.41, 5.74) is 13.4. The van der Waals surface area contributed by atoms with Crippen molar-refractivity contribution in [3.8, 4) is 45.5 Å². The number of hydrogen-bond donors (Lipinski definition) is 1. The van der Waals surface area contributed by atoms with Gasteiger partial charge in [-0.3, -0.25) is 19.2 Å². The van der Waals surface area contributed by atoms with Gasteiger partial charge in [0.15, 0.2) is 0 Å². The SMILES string of the molecule is CCOP(OCC)OCC.O=[N+]([O-])c1c(-c2cccc3c2c2ccccc2n3-c2nc(-c3ccccc3)c3ccccc3n2)c2ccccc2c2ccccc12.[2H]C[B].c1ccc(-c2nc(-n3c4ccccc4c4c5c(ccc43)[nH]c3c4ccccc4c4ccccc4c35)nc3ccccc23)cc1. The van der Waals surface area contributed by atoms with Crippen LogP contribution in [0.1, 0.15) is 22.1 Å². The van der Waals surface area contributed by atoms with Crippen molar-refractivity contribution in [1.29, 1.82) is 0 Å². The molecule has 102 heavy (non-hydrogen) atoms. The molecule has 0 unspecified atom stereocenters. The Hall–Kier alpha value is -12.0. The van der Waals surface area contributed by atoms with Crippen molar-refractivity contribution in [1.82, 2.24) is 34.1 Å². The number of nitro groups is 1. The van der Waals surface area contributed by atoms with Crippen LogP contribution in [0, 0.1) is 10.1 Å². The summed E-state index contributed by atoms with van der Waals surface area (Å²) in [6.45, 7) is 7.71. The molecule has 19 rings (SSSR count). The third kappa shape index (κ3) is 11.2. The Morgan fingerprint density at radius 2 is 0.794 bits per heavy atom. The van der Waals surface area contributed by atoms with Crippen LogP contribution < -0.4 is 0 Å². The first-order valence-electron chi connectivity index (χ1n) is 34.7. The van der Waals surface area contributed by atoms with E-state index in [0.29, 0.717) is 42.7 Å². The van der Waals surface area contributed by atoms with Crippen molar-refractivity contribution >= 4 is 152 Å². The number of para-hydroxylation sites is 4. The van der Waals surface area contributed by atoms with Gasteiger partial charge in [-0.15, -0.1) is 0 Å². The van der Waals surface area contributed by atoms with E-state index >= 15 is 0 Å². The number of benzene rings is 14. The Kier molecular flexibility index (Phi) is 17.4. The fourth-order valence-corrected chi connectivity index (χ4v) is 15.6. The first kappa shape index (κ1) is 63.4. The highest BCUT2D eigenvalue weighted by Crippen LogP contribution is 2.49. The number of nitrogens with one attached hydrogen (secondary N) is 1. The molecule has 14 aromatic carbocycles. The predicted octanol–water partition coefficient (Wildman–Crippen LogP) is 23.1. The van der Waals surface area contributed by atoms with Crippen LogP contribution in [0.2, 0.25) is 6.80 Å². The normalized spacial score (nSPS) is 11.7. The maximum atomic E-state index is 13.0. The van der Waals surface area contributed by atoms with E-state index in [1.54, 1.807) is 0 Å². The summed E-state index contributed by atoms with van der Waals surface area (Å²) in [6, 6.07) is 97.2. The Morgan fingerprint density at radius 3 is 1.31 bits per heavy atom. The van der Waals surface area contributed by atoms with Crippen LogP contribution in [0.5, 0.6) is 0 Å². The smallest absolute Gasteiger partial charge is 0.332 e. The lowest BCUT2D eigenvalue weighted by atomic mass is 9.89. The highest BCUT2D eigenvalue weighted by Gasteiger charge is 2.29. The summed E-state index contributed by atoms with van der Waals surface area (Å²) < 4.78 is 25.7. The lowest BCUT2D eigenvalue weighted by molar-refractivity contribution is -0.382. The Labute approximate surface area is 591 Å². The highest BCUT2D eigenvalue weighted by molar-refractivity contribution is 7.41. The molecule has 0 aliphatic rings. The summed E-state index contributed by atoms with van der Waals surface area (Å²) in [5.74, 6) is 1.21. The zero-order valence-corrected chi connectivity index (χ0v) is 57.1. The number of fused-ring (bicyclic) bond motifs is 20. The average Bonchev–Trinajstić information content (AvgIpc) is 1.56. The topological polar surface area (TPSA) is 148 Å². The van der Waals surface area contributed by atoms with Gasteiger partial charge >= 0.3 is 8.60 Å². The maximum Gasteiger partial charge on any atom is 0.332 e. The maximum absolute atomic E-state index is 13.0. The van der Waals surface area contributed by atoms with E-state index in [-0.39, 0.29) is 17.4 Å². The quantitative estimate of drug-likeness (QED) is 0.0415. The first-order valence-corrected chi connectivity index (χ1v) is 35.1. The third-order valence-electron chi connectivity index (χ3n) is 18.7. The number of nitro benzene ring substituents is 1. The number of hydrogen-bond acceptors (Lipinski definition) is 9. The fourth-order valence-electron chi connectivity index (χ4n) is 14.7. The molecule has 1 N–H and O–H groups in total. The lowest BCUT2D eigenvalue weighted by Crippen LogP contribution is -2.03. The molecule has 0 amide bonds. The molecular weight excluding hydrogens is 1280 g/mol. The second-order valence-corrected chi connectivity index (χ2v) is 25.5. The number of aromatic nitrogens is 7. The molecule has 13 nitrogen and oxygen atoms in total. The molecule has 0 spiro atoms. The summed E-state index contributed by atoms with van der Waals surface area (Å²) in [7, 11) is 3.45. The molecule has 0 saturated heterocycles. The monoisotopic (exact) mass is 1350 g/mol. The van der Waals surface area contributed by atoms with Crippen molar-refractivity contribution in [2.75, 3.05) is 19.8 Å².